The Morgan fingerprint density at radius 3 is 2.39 bits per heavy atom. The van der Waals surface area contributed by atoms with Crippen molar-refractivity contribution in [2.45, 2.75) is 57.7 Å². The number of halogens is 1. The molecule has 10 heteroatoms. The molecule has 0 bridgehead atoms. The summed E-state index contributed by atoms with van der Waals surface area (Å²) >= 11 is 2.82. The molecule has 4 aromatic rings. The number of aryl methyl sites for hydroxylation is 1. The lowest BCUT2D eigenvalue weighted by Gasteiger charge is -2.45. The molecule has 0 amide bonds. The number of thiazole rings is 2. The Labute approximate surface area is 199 Å². The Bertz CT molecular complexity index is 1290. The molecule has 0 saturated carbocycles. The summed E-state index contributed by atoms with van der Waals surface area (Å²) in [5.74, 6) is -0.415. The molecule has 1 fully saturated rings. The van der Waals surface area contributed by atoms with Gasteiger partial charge < -0.3 is 15.2 Å². The van der Waals surface area contributed by atoms with Crippen LogP contribution < -0.4 is 10.1 Å². The number of rotatable bonds is 4. The topological polar surface area (TPSA) is 85.1 Å². The van der Waals surface area contributed by atoms with Crippen LogP contribution in [0, 0.1) is 5.95 Å². The van der Waals surface area contributed by atoms with Crippen LogP contribution >= 0.6 is 22.7 Å². The highest BCUT2D eigenvalue weighted by molar-refractivity contribution is 7.28. The van der Waals surface area contributed by atoms with Gasteiger partial charge in [0.25, 0.3) is 5.19 Å². The van der Waals surface area contributed by atoms with Crippen molar-refractivity contribution in [1.82, 2.24) is 25.1 Å². The van der Waals surface area contributed by atoms with Crippen molar-refractivity contribution in [3.05, 3.63) is 30.3 Å². The van der Waals surface area contributed by atoms with Crippen molar-refractivity contribution in [3.8, 4) is 32.6 Å². The highest BCUT2D eigenvalue weighted by Gasteiger charge is 2.39. The molecule has 5 rings (SSSR count). The fourth-order valence-electron chi connectivity index (χ4n) is 4.74. The van der Waals surface area contributed by atoms with Gasteiger partial charge in [-0.1, -0.05) is 28.7 Å². The lowest BCUT2D eigenvalue weighted by Crippen LogP contribution is -2.60. The maximum Gasteiger partial charge on any atom is 0.276 e. The second-order valence-corrected chi connectivity index (χ2v) is 11.8. The summed E-state index contributed by atoms with van der Waals surface area (Å²) in [6.45, 7) is 8.77. The molecule has 33 heavy (non-hydrogen) atoms. The summed E-state index contributed by atoms with van der Waals surface area (Å²) in [7, 11) is 1.53. The summed E-state index contributed by atoms with van der Waals surface area (Å²) in [4.78, 5) is 10.9. The number of hydrogen-bond acceptors (Lipinski definition) is 8. The smallest absolute Gasteiger partial charge is 0.276 e. The number of benzene rings is 1. The molecule has 3 aromatic heterocycles. The second-order valence-electron chi connectivity index (χ2n) is 9.85. The number of phenols is 1. The van der Waals surface area contributed by atoms with Crippen molar-refractivity contribution in [2.24, 2.45) is 7.05 Å². The first kappa shape index (κ1) is 22.2. The number of aromatic hydroxyl groups is 1. The number of nitrogens with one attached hydrogen (secondary N) is 1. The van der Waals surface area contributed by atoms with Crippen LogP contribution in [-0.4, -0.2) is 42.0 Å². The van der Waals surface area contributed by atoms with Crippen LogP contribution in [0.5, 0.6) is 10.9 Å². The van der Waals surface area contributed by atoms with E-state index in [1.165, 1.54) is 42.0 Å². The minimum atomic E-state index is -0.450. The third-order valence-electron chi connectivity index (χ3n) is 5.78. The molecule has 0 atom stereocenters. The molecule has 1 aliphatic rings. The van der Waals surface area contributed by atoms with Gasteiger partial charge in [0.05, 0.1) is 17.3 Å². The third kappa shape index (κ3) is 4.34. The normalized spacial score (nSPS) is 18.1. The number of nitrogens with zero attached hydrogens (tertiary/aromatic N) is 4. The lowest BCUT2D eigenvalue weighted by molar-refractivity contribution is 0.0559. The molecule has 0 radical (unpaired) electrons. The van der Waals surface area contributed by atoms with E-state index in [-0.39, 0.29) is 22.9 Å². The number of hydrogen-bond donors (Lipinski definition) is 2. The lowest BCUT2D eigenvalue weighted by atomic mass is 9.81. The highest BCUT2D eigenvalue weighted by atomic mass is 32.1. The number of phenolic OH excluding ortho intramolecular Hbond substituents is 1. The molecule has 7 nitrogen and oxygen atoms in total. The Morgan fingerprint density at radius 1 is 1.09 bits per heavy atom. The Hall–Kier alpha value is -2.56. The van der Waals surface area contributed by atoms with E-state index >= 15 is 0 Å². The zero-order valence-corrected chi connectivity index (χ0v) is 20.8. The molecule has 0 spiro atoms. The summed E-state index contributed by atoms with van der Waals surface area (Å²) in [6.07, 6.45) is 3.33. The third-order valence-corrected chi connectivity index (χ3v) is 7.73. The first-order valence-corrected chi connectivity index (χ1v) is 12.4. The van der Waals surface area contributed by atoms with Crippen LogP contribution in [0.15, 0.2) is 24.4 Å². The van der Waals surface area contributed by atoms with Gasteiger partial charge in [0.2, 0.25) is 5.95 Å². The van der Waals surface area contributed by atoms with E-state index in [2.05, 4.69) is 48.1 Å². The van der Waals surface area contributed by atoms with Crippen molar-refractivity contribution >= 4 is 32.3 Å². The minimum Gasteiger partial charge on any atom is -0.507 e. The Kier molecular flexibility index (Phi) is 5.22. The van der Waals surface area contributed by atoms with Crippen molar-refractivity contribution in [3.63, 3.8) is 0 Å². The van der Waals surface area contributed by atoms with E-state index in [1.807, 2.05) is 0 Å². The molecule has 1 aliphatic heterocycles. The summed E-state index contributed by atoms with van der Waals surface area (Å²) in [6, 6.07) is 5.04. The maximum absolute atomic E-state index is 14.2. The standard InChI is InChI=1S/C23H26FN5O2S2/c1-22(2)9-13(10-23(3,4)28-22)31-21-27-20-19(33-21)26-18(32-20)14-7-6-12(8-16(14)30)15-11-25-29(5)17(15)24/h6-8,11,13,28,30H,9-10H2,1-5H3. The highest BCUT2D eigenvalue weighted by Crippen LogP contribution is 2.41. The van der Waals surface area contributed by atoms with Gasteiger partial charge in [-0.15, -0.1) is 0 Å². The minimum absolute atomic E-state index is 0.00507. The predicted molar refractivity (Wildman–Crippen MR) is 129 cm³/mol. The van der Waals surface area contributed by atoms with Gasteiger partial charge in [0.15, 0.2) is 9.66 Å². The van der Waals surface area contributed by atoms with Gasteiger partial charge in [-0.25, -0.2) is 9.67 Å². The molecule has 2 N–H and O–H groups in total. The van der Waals surface area contributed by atoms with Crippen LogP contribution in [0.3, 0.4) is 0 Å². The molecule has 174 valence electrons. The first-order chi connectivity index (χ1) is 15.5. The largest absolute Gasteiger partial charge is 0.507 e. The summed E-state index contributed by atoms with van der Waals surface area (Å²) in [5.41, 5.74) is 1.47. The van der Waals surface area contributed by atoms with Gasteiger partial charge in [-0.2, -0.15) is 14.5 Å². The molecule has 1 aromatic carbocycles. The fraction of sp³-hybridized carbons (Fsp3) is 0.435. The molecule has 0 unspecified atom stereocenters. The van der Waals surface area contributed by atoms with Crippen molar-refractivity contribution < 1.29 is 14.2 Å². The van der Waals surface area contributed by atoms with Crippen LogP contribution in [0.4, 0.5) is 4.39 Å². The zero-order valence-electron chi connectivity index (χ0n) is 19.1. The van der Waals surface area contributed by atoms with E-state index < -0.39 is 5.95 Å². The monoisotopic (exact) mass is 487 g/mol. The van der Waals surface area contributed by atoms with E-state index in [0.717, 1.165) is 27.2 Å². The summed E-state index contributed by atoms with van der Waals surface area (Å²) < 4.78 is 21.6. The molecule has 4 heterocycles. The first-order valence-electron chi connectivity index (χ1n) is 10.7. The van der Waals surface area contributed by atoms with Gasteiger partial charge in [0, 0.05) is 31.0 Å². The average molecular weight is 488 g/mol. The zero-order chi connectivity index (χ0) is 23.5. The van der Waals surface area contributed by atoms with Crippen LogP contribution in [-0.2, 0) is 7.05 Å². The Morgan fingerprint density at radius 2 is 1.79 bits per heavy atom. The summed E-state index contributed by atoms with van der Waals surface area (Å²) in [5, 5.41) is 19.5. The number of piperidine rings is 1. The van der Waals surface area contributed by atoms with Gasteiger partial charge >= 0.3 is 0 Å². The SMILES string of the molecule is Cn1ncc(-c2ccc(-c3nc4sc(OC5CC(C)(C)NC(C)(C)C5)nc4s3)c(O)c2)c1F. The van der Waals surface area contributed by atoms with E-state index in [9.17, 15) is 9.50 Å². The molecular weight excluding hydrogens is 461 g/mol. The van der Waals surface area contributed by atoms with Gasteiger partial charge in [-0.3, -0.25) is 0 Å². The number of fused-ring (bicyclic) bond motifs is 1. The second kappa shape index (κ2) is 7.75. The van der Waals surface area contributed by atoms with Crippen LogP contribution in [0.25, 0.3) is 31.4 Å². The fourth-order valence-corrected chi connectivity index (χ4v) is 6.73. The average Bonchev–Trinajstić information content (AvgIpc) is 3.33. The van der Waals surface area contributed by atoms with E-state index in [1.54, 1.807) is 12.1 Å². The molecule has 1 saturated heterocycles. The quantitative estimate of drug-likeness (QED) is 0.404. The van der Waals surface area contributed by atoms with Crippen LogP contribution in [0.2, 0.25) is 0 Å². The Balaban J connectivity index is 1.37. The maximum atomic E-state index is 14.2. The molecular formula is C23H26FN5O2S2. The van der Waals surface area contributed by atoms with Crippen molar-refractivity contribution in [2.75, 3.05) is 0 Å². The van der Waals surface area contributed by atoms with Gasteiger partial charge in [0.1, 0.15) is 16.9 Å². The van der Waals surface area contributed by atoms with E-state index in [4.69, 9.17) is 4.74 Å². The number of aromatic nitrogens is 4. The van der Waals surface area contributed by atoms with Crippen molar-refractivity contribution in [1.29, 1.82) is 0 Å². The number of ether oxygens (including phenoxy) is 1. The molecule has 0 aliphatic carbocycles. The predicted octanol–water partition coefficient (Wildman–Crippen LogP) is 5.35. The van der Waals surface area contributed by atoms with E-state index in [0.29, 0.717) is 26.9 Å². The van der Waals surface area contributed by atoms with Crippen LogP contribution in [0.1, 0.15) is 40.5 Å². The van der Waals surface area contributed by atoms with Gasteiger partial charge in [-0.05, 0) is 45.4 Å².